The molecule has 0 bridgehead atoms. The molecule has 1 aliphatic carbocycles. The van der Waals surface area contributed by atoms with Crippen molar-refractivity contribution in [1.29, 1.82) is 0 Å². The molecule has 15 heavy (non-hydrogen) atoms. The van der Waals surface area contributed by atoms with Gasteiger partial charge in [0.15, 0.2) is 0 Å². The average molecular weight is 212 g/mol. The molecule has 0 aliphatic heterocycles. The van der Waals surface area contributed by atoms with Crippen LogP contribution in [0.5, 0.6) is 0 Å². The number of unbranched alkanes of at least 4 members (excludes halogenated alkanes) is 1. The first-order chi connectivity index (χ1) is 7.24. The van der Waals surface area contributed by atoms with E-state index in [0.717, 1.165) is 37.4 Å². The summed E-state index contributed by atoms with van der Waals surface area (Å²) < 4.78 is 0. The van der Waals surface area contributed by atoms with Gasteiger partial charge in [0.25, 0.3) is 0 Å². The Balaban J connectivity index is 2.13. The van der Waals surface area contributed by atoms with Gasteiger partial charge >= 0.3 is 0 Å². The largest absolute Gasteiger partial charge is 0.330 e. The third-order valence-electron chi connectivity index (χ3n) is 3.72. The van der Waals surface area contributed by atoms with E-state index >= 15 is 0 Å². The van der Waals surface area contributed by atoms with Crippen molar-refractivity contribution in [3.05, 3.63) is 0 Å². The van der Waals surface area contributed by atoms with E-state index < -0.39 is 0 Å². The van der Waals surface area contributed by atoms with Crippen LogP contribution in [0.2, 0.25) is 0 Å². The Morgan fingerprint density at radius 1 is 1.27 bits per heavy atom. The summed E-state index contributed by atoms with van der Waals surface area (Å²) >= 11 is 0. The second-order valence-corrected chi connectivity index (χ2v) is 5.32. The molecule has 0 aromatic carbocycles. The van der Waals surface area contributed by atoms with E-state index in [1.54, 1.807) is 0 Å². The van der Waals surface area contributed by atoms with Crippen molar-refractivity contribution in [3.63, 3.8) is 0 Å². The lowest BCUT2D eigenvalue weighted by Gasteiger charge is -2.32. The molecule has 1 saturated carbocycles. The summed E-state index contributed by atoms with van der Waals surface area (Å²) in [6, 6.07) is 0.781. The molecule has 2 unspecified atom stereocenters. The fraction of sp³-hybridized carbons (Fsp3) is 1.00. The molecule has 0 radical (unpaired) electrons. The second kappa shape index (κ2) is 7.24. The Bertz CT molecular complexity index is 157. The molecule has 0 aromatic heterocycles. The van der Waals surface area contributed by atoms with Gasteiger partial charge in [-0.2, -0.15) is 0 Å². The molecule has 3 N–H and O–H groups in total. The van der Waals surface area contributed by atoms with E-state index in [1.165, 1.54) is 32.1 Å². The molecule has 0 aromatic rings. The molecule has 1 aliphatic rings. The predicted octanol–water partition coefficient (Wildman–Crippen LogP) is 2.53. The van der Waals surface area contributed by atoms with Crippen molar-refractivity contribution in [1.82, 2.24) is 5.32 Å². The highest BCUT2D eigenvalue weighted by Gasteiger charge is 2.23. The lowest BCUT2D eigenvalue weighted by Crippen LogP contribution is -2.36. The van der Waals surface area contributed by atoms with Crippen molar-refractivity contribution in [2.45, 2.75) is 58.4 Å². The van der Waals surface area contributed by atoms with Gasteiger partial charge in [0.05, 0.1) is 0 Å². The number of hydrogen-bond acceptors (Lipinski definition) is 2. The zero-order valence-corrected chi connectivity index (χ0v) is 10.5. The first kappa shape index (κ1) is 13.0. The number of rotatable bonds is 6. The molecule has 0 heterocycles. The maximum absolute atomic E-state index is 5.48. The fourth-order valence-electron chi connectivity index (χ4n) is 2.59. The number of hydrogen-bond donors (Lipinski definition) is 2. The quantitative estimate of drug-likeness (QED) is 0.664. The van der Waals surface area contributed by atoms with Crippen LogP contribution < -0.4 is 11.1 Å². The highest BCUT2D eigenvalue weighted by Crippen LogP contribution is 2.29. The van der Waals surface area contributed by atoms with Crippen molar-refractivity contribution in [3.8, 4) is 0 Å². The molecule has 0 saturated heterocycles. The van der Waals surface area contributed by atoms with E-state index in [0.29, 0.717) is 0 Å². The Labute approximate surface area is 95.0 Å². The smallest absolute Gasteiger partial charge is 0.00698 e. The van der Waals surface area contributed by atoms with Gasteiger partial charge in [-0.05, 0) is 50.6 Å². The van der Waals surface area contributed by atoms with Crippen LogP contribution >= 0.6 is 0 Å². The molecule has 1 fully saturated rings. The summed E-state index contributed by atoms with van der Waals surface area (Å²) in [5, 5.41) is 3.69. The van der Waals surface area contributed by atoms with E-state index in [4.69, 9.17) is 5.73 Å². The molecular weight excluding hydrogens is 184 g/mol. The second-order valence-electron chi connectivity index (χ2n) is 5.32. The summed E-state index contributed by atoms with van der Waals surface area (Å²) in [4.78, 5) is 0. The average Bonchev–Trinajstić information content (AvgIpc) is 2.25. The normalized spacial score (nSPS) is 27.2. The van der Waals surface area contributed by atoms with Crippen LogP contribution in [0.25, 0.3) is 0 Å². The van der Waals surface area contributed by atoms with Crippen LogP contribution in [0.4, 0.5) is 0 Å². The van der Waals surface area contributed by atoms with Gasteiger partial charge in [-0.15, -0.1) is 0 Å². The number of nitrogens with two attached hydrogens (primary N) is 1. The zero-order valence-electron chi connectivity index (χ0n) is 10.5. The van der Waals surface area contributed by atoms with Crippen molar-refractivity contribution in [2.75, 3.05) is 13.1 Å². The third kappa shape index (κ3) is 4.98. The van der Waals surface area contributed by atoms with Gasteiger partial charge in [-0.3, -0.25) is 0 Å². The number of nitrogens with one attached hydrogen (secondary N) is 1. The summed E-state index contributed by atoms with van der Waals surface area (Å²) in [6.45, 7) is 6.72. The Morgan fingerprint density at radius 2 is 2.07 bits per heavy atom. The summed E-state index contributed by atoms with van der Waals surface area (Å²) in [7, 11) is 0. The monoisotopic (exact) mass is 212 g/mol. The summed E-state index contributed by atoms with van der Waals surface area (Å²) in [6.07, 6.45) is 8.02. The molecule has 2 nitrogen and oxygen atoms in total. The van der Waals surface area contributed by atoms with Crippen LogP contribution in [0.3, 0.4) is 0 Å². The molecule has 0 amide bonds. The molecule has 90 valence electrons. The fourth-order valence-corrected chi connectivity index (χ4v) is 2.59. The molecule has 0 spiro atoms. The molecule has 1 rings (SSSR count). The Hall–Kier alpha value is -0.0800. The van der Waals surface area contributed by atoms with E-state index in [-0.39, 0.29) is 0 Å². The van der Waals surface area contributed by atoms with Gasteiger partial charge < -0.3 is 11.1 Å². The van der Waals surface area contributed by atoms with E-state index in [2.05, 4.69) is 19.2 Å². The van der Waals surface area contributed by atoms with Crippen molar-refractivity contribution >= 4 is 0 Å². The van der Waals surface area contributed by atoms with Gasteiger partial charge in [0, 0.05) is 6.04 Å². The highest BCUT2D eigenvalue weighted by atomic mass is 14.9. The lowest BCUT2D eigenvalue weighted by molar-refractivity contribution is 0.231. The van der Waals surface area contributed by atoms with Crippen LogP contribution in [-0.4, -0.2) is 19.1 Å². The van der Waals surface area contributed by atoms with Gasteiger partial charge in [0.2, 0.25) is 0 Å². The predicted molar refractivity (Wildman–Crippen MR) is 66.9 cm³/mol. The maximum Gasteiger partial charge on any atom is 0.00698 e. The summed E-state index contributed by atoms with van der Waals surface area (Å²) in [5.41, 5.74) is 5.48. The Kier molecular flexibility index (Phi) is 6.26. The minimum absolute atomic E-state index is 0.781. The SMILES string of the molecule is CC(C)C1CCCC(NCCCCN)C1. The van der Waals surface area contributed by atoms with Crippen LogP contribution in [0.15, 0.2) is 0 Å². The molecule has 2 atom stereocenters. The lowest BCUT2D eigenvalue weighted by atomic mass is 9.79. The van der Waals surface area contributed by atoms with Crippen molar-refractivity contribution < 1.29 is 0 Å². The summed E-state index contributed by atoms with van der Waals surface area (Å²) in [5.74, 6) is 1.81. The maximum atomic E-state index is 5.48. The van der Waals surface area contributed by atoms with Crippen LogP contribution in [-0.2, 0) is 0 Å². The van der Waals surface area contributed by atoms with E-state index in [9.17, 15) is 0 Å². The standard InChI is InChI=1S/C13H28N2/c1-11(2)12-6-5-7-13(10-12)15-9-4-3-8-14/h11-13,15H,3-10,14H2,1-2H3. The van der Waals surface area contributed by atoms with Gasteiger partial charge in [-0.1, -0.05) is 26.7 Å². The zero-order chi connectivity index (χ0) is 11.1. The van der Waals surface area contributed by atoms with Crippen molar-refractivity contribution in [2.24, 2.45) is 17.6 Å². The molecule has 2 heteroatoms. The molecular formula is C13H28N2. The Morgan fingerprint density at radius 3 is 2.73 bits per heavy atom. The minimum Gasteiger partial charge on any atom is -0.330 e. The highest BCUT2D eigenvalue weighted by molar-refractivity contribution is 4.79. The first-order valence-electron chi connectivity index (χ1n) is 6.67. The topological polar surface area (TPSA) is 38.0 Å². The van der Waals surface area contributed by atoms with Crippen LogP contribution in [0.1, 0.15) is 52.4 Å². The van der Waals surface area contributed by atoms with Crippen LogP contribution in [0, 0.1) is 11.8 Å². The van der Waals surface area contributed by atoms with Gasteiger partial charge in [-0.25, -0.2) is 0 Å². The third-order valence-corrected chi connectivity index (χ3v) is 3.72. The first-order valence-corrected chi connectivity index (χ1v) is 6.67. The van der Waals surface area contributed by atoms with E-state index in [1.807, 2.05) is 0 Å². The van der Waals surface area contributed by atoms with Gasteiger partial charge in [0.1, 0.15) is 0 Å². The minimum atomic E-state index is 0.781.